The van der Waals surface area contributed by atoms with Gasteiger partial charge in [0.2, 0.25) is 0 Å². The Morgan fingerprint density at radius 3 is 2.69 bits per heavy atom. The van der Waals surface area contributed by atoms with Gasteiger partial charge in [0, 0.05) is 24.0 Å². The third-order valence-electron chi connectivity index (χ3n) is 2.39. The fourth-order valence-corrected chi connectivity index (χ4v) is 1.60. The van der Waals surface area contributed by atoms with Gasteiger partial charge in [-0.3, -0.25) is 4.98 Å². The highest BCUT2D eigenvalue weighted by Gasteiger charge is 2.10. The lowest BCUT2D eigenvalue weighted by atomic mass is 10.0. The van der Waals surface area contributed by atoms with Crippen LogP contribution in [0.3, 0.4) is 0 Å². The van der Waals surface area contributed by atoms with Crippen LogP contribution in [0.1, 0.15) is 18.5 Å². The van der Waals surface area contributed by atoms with Crippen molar-refractivity contribution >= 4 is 5.82 Å². The largest absolute Gasteiger partial charge is 0.384 e. The molecule has 0 aliphatic carbocycles. The number of nitrogen functional groups attached to an aromatic ring is 1. The van der Waals surface area contributed by atoms with Gasteiger partial charge in [-0.2, -0.15) is 0 Å². The van der Waals surface area contributed by atoms with Crippen molar-refractivity contribution in [1.82, 2.24) is 9.97 Å². The molecule has 4 N–H and O–H groups in total. The van der Waals surface area contributed by atoms with Crippen LogP contribution in [0.15, 0.2) is 36.7 Å². The second-order valence-corrected chi connectivity index (χ2v) is 3.70. The van der Waals surface area contributed by atoms with Crippen molar-refractivity contribution < 1.29 is 0 Å². The quantitative estimate of drug-likeness (QED) is 0.798. The summed E-state index contributed by atoms with van der Waals surface area (Å²) in [5.41, 5.74) is 14.3. The van der Waals surface area contributed by atoms with Gasteiger partial charge < -0.3 is 11.5 Å². The van der Waals surface area contributed by atoms with Crippen molar-refractivity contribution in [3.05, 3.63) is 42.2 Å². The van der Waals surface area contributed by atoms with Gasteiger partial charge in [-0.25, -0.2) is 4.98 Å². The predicted octanol–water partition coefficient (Wildman–Crippen LogP) is 1.75. The normalized spacial score (nSPS) is 12.4. The van der Waals surface area contributed by atoms with Gasteiger partial charge in [-0.15, -0.1) is 0 Å². The number of nitrogens with two attached hydrogens (primary N) is 2. The Bertz CT molecular complexity index is 480. The minimum absolute atomic E-state index is 0.0951. The molecule has 4 heteroatoms. The van der Waals surface area contributed by atoms with Crippen LogP contribution in [0.2, 0.25) is 0 Å². The molecule has 0 radical (unpaired) electrons. The Kier molecular flexibility index (Phi) is 2.83. The molecule has 0 saturated carbocycles. The van der Waals surface area contributed by atoms with Gasteiger partial charge in [0.15, 0.2) is 0 Å². The molecule has 0 aromatic carbocycles. The maximum absolute atomic E-state index is 5.91. The van der Waals surface area contributed by atoms with Crippen LogP contribution in [0.5, 0.6) is 0 Å². The molecule has 82 valence electrons. The summed E-state index contributed by atoms with van der Waals surface area (Å²) < 4.78 is 0. The second-order valence-electron chi connectivity index (χ2n) is 3.70. The van der Waals surface area contributed by atoms with E-state index in [2.05, 4.69) is 9.97 Å². The maximum atomic E-state index is 5.91. The maximum Gasteiger partial charge on any atom is 0.123 e. The Labute approximate surface area is 94.3 Å². The third kappa shape index (κ3) is 2.01. The fourth-order valence-electron chi connectivity index (χ4n) is 1.60. The van der Waals surface area contributed by atoms with E-state index in [1.165, 1.54) is 0 Å². The Morgan fingerprint density at radius 1 is 1.25 bits per heavy atom. The van der Waals surface area contributed by atoms with E-state index in [1.807, 2.05) is 25.1 Å². The fraction of sp³-hybridized carbons (Fsp3) is 0.167. The smallest absolute Gasteiger partial charge is 0.123 e. The molecule has 0 saturated heterocycles. The summed E-state index contributed by atoms with van der Waals surface area (Å²) in [6.45, 7) is 1.92. The van der Waals surface area contributed by atoms with E-state index in [0.29, 0.717) is 5.82 Å². The highest BCUT2D eigenvalue weighted by atomic mass is 14.8. The van der Waals surface area contributed by atoms with Crippen LogP contribution in [0.4, 0.5) is 5.82 Å². The Hall–Kier alpha value is -1.94. The monoisotopic (exact) mass is 214 g/mol. The highest BCUT2D eigenvalue weighted by molar-refractivity contribution is 5.64. The van der Waals surface area contributed by atoms with E-state index >= 15 is 0 Å². The van der Waals surface area contributed by atoms with E-state index in [0.717, 1.165) is 16.8 Å². The summed E-state index contributed by atoms with van der Waals surface area (Å²) >= 11 is 0. The van der Waals surface area contributed by atoms with Crippen molar-refractivity contribution in [2.75, 3.05) is 5.73 Å². The first-order valence-electron chi connectivity index (χ1n) is 5.11. The topological polar surface area (TPSA) is 77.8 Å². The van der Waals surface area contributed by atoms with Crippen LogP contribution >= 0.6 is 0 Å². The minimum atomic E-state index is -0.0951. The number of anilines is 1. The van der Waals surface area contributed by atoms with Gasteiger partial charge in [-0.1, -0.05) is 6.07 Å². The van der Waals surface area contributed by atoms with Gasteiger partial charge in [0.05, 0.1) is 5.69 Å². The van der Waals surface area contributed by atoms with Crippen molar-refractivity contribution in [3.8, 4) is 11.3 Å². The summed E-state index contributed by atoms with van der Waals surface area (Å²) in [6.07, 6.45) is 3.47. The standard InChI is InChI=1S/C12H14N4/c1-8(13)9-6-12(14)16-7-10(9)11-4-2-3-5-15-11/h2-8H,13H2,1H3,(H2,14,16)/t8-/m1/s1. The summed E-state index contributed by atoms with van der Waals surface area (Å²) in [5.74, 6) is 0.479. The molecule has 0 unspecified atom stereocenters. The molecule has 2 aromatic rings. The van der Waals surface area contributed by atoms with Crippen molar-refractivity contribution in [3.63, 3.8) is 0 Å². The van der Waals surface area contributed by atoms with Crippen molar-refractivity contribution in [2.45, 2.75) is 13.0 Å². The van der Waals surface area contributed by atoms with E-state index in [-0.39, 0.29) is 6.04 Å². The Morgan fingerprint density at radius 2 is 2.06 bits per heavy atom. The molecule has 0 aliphatic heterocycles. The number of nitrogens with zero attached hydrogens (tertiary/aromatic N) is 2. The number of hydrogen-bond donors (Lipinski definition) is 2. The molecular formula is C12H14N4. The van der Waals surface area contributed by atoms with E-state index in [9.17, 15) is 0 Å². The first kappa shape index (κ1) is 10.6. The molecule has 4 nitrogen and oxygen atoms in total. The van der Waals surface area contributed by atoms with Crippen LogP contribution in [0.25, 0.3) is 11.3 Å². The third-order valence-corrected chi connectivity index (χ3v) is 2.39. The molecule has 2 aromatic heterocycles. The summed E-state index contributed by atoms with van der Waals surface area (Å²) in [7, 11) is 0. The molecule has 2 rings (SSSR count). The van der Waals surface area contributed by atoms with E-state index in [4.69, 9.17) is 11.5 Å². The number of aromatic nitrogens is 2. The average molecular weight is 214 g/mol. The molecule has 0 fully saturated rings. The molecule has 16 heavy (non-hydrogen) atoms. The van der Waals surface area contributed by atoms with Gasteiger partial charge in [0.1, 0.15) is 5.82 Å². The van der Waals surface area contributed by atoms with Crippen LogP contribution in [-0.4, -0.2) is 9.97 Å². The molecule has 0 aliphatic rings. The van der Waals surface area contributed by atoms with Crippen LogP contribution in [-0.2, 0) is 0 Å². The van der Waals surface area contributed by atoms with Crippen LogP contribution in [0, 0.1) is 0 Å². The molecule has 1 atom stereocenters. The highest BCUT2D eigenvalue weighted by Crippen LogP contribution is 2.25. The lowest BCUT2D eigenvalue weighted by molar-refractivity contribution is 0.818. The average Bonchev–Trinajstić information content (AvgIpc) is 2.30. The molecular weight excluding hydrogens is 200 g/mol. The van der Waals surface area contributed by atoms with Crippen molar-refractivity contribution in [1.29, 1.82) is 0 Å². The minimum Gasteiger partial charge on any atom is -0.384 e. The number of hydrogen-bond acceptors (Lipinski definition) is 4. The summed E-state index contributed by atoms with van der Waals surface area (Å²) in [5, 5.41) is 0. The zero-order chi connectivity index (χ0) is 11.5. The molecule has 0 spiro atoms. The zero-order valence-electron chi connectivity index (χ0n) is 9.09. The van der Waals surface area contributed by atoms with E-state index < -0.39 is 0 Å². The van der Waals surface area contributed by atoms with Crippen molar-refractivity contribution in [2.24, 2.45) is 5.73 Å². The SMILES string of the molecule is C[C@@H](N)c1cc(N)ncc1-c1ccccn1. The number of rotatable bonds is 2. The summed E-state index contributed by atoms with van der Waals surface area (Å²) in [6, 6.07) is 7.44. The molecule has 0 bridgehead atoms. The first-order chi connectivity index (χ1) is 7.68. The summed E-state index contributed by atoms with van der Waals surface area (Å²) in [4.78, 5) is 8.37. The number of pyridine rings is 2. The predicted molar refractivity (Wildman–Crippen MR) is 64.5 cm³/mol. The zero-order valence-corrected chi connectivity index (χ0v) is 9.09. The lowest BCUT2D eigenvalue weighted by Gasteiger charge is -2.12. The van der Waals surface area contributed by atoms with Gasteiger partial charge >= 0.3 is 0 Å². The first-order valence-corrected chi connectivity index (χ1v) is 5.11. The van der Waals surface area contributed by atoms with Gasteiger partial charge in [0.25, 0.3) is 0 Å². The lowest BCUT2D eigenvalue weighted by Crippen LogP contribution is -2.08. The molecule has 0 amide bonds. The van der Waals surface area contributed by atoms with E-state index in [1.54, 1.807) is 18.5 Å². The molecule has 2 heterocycles. The Balaban J connectivity index is 2.57. The van der Waals surface area contributed by atoms with Gasteiger partial charge in [-0.05, 0) is 30.7 Å². The van der Waals surface area contributed by atoms with Crippen LogP contribution < -0.4 is 11.5 Å². The second kappa shape index (κ2) is 4.28.